The Morgan fingerprint density at radius 2 is 1.13 bits per heavy atom. The molecule has 0 spiro atoms. The van der Waals surface area contributed by atoms with Crippen molar-refractivity contribution in [2.75, 3.05) is 31.9 Å². The second-order valence-corrected chi connectivity index (χ2v) is 20.2. The number of hydrogen-bond donors (Lipinski definition) is 17. The number of aliphatic carboxylic acids is 1. The van der Waals surface area contributed by atoms with Gasteiger partial charge in [-0.2, -0.15) is 12.6 Å². The number of aliphatic imine (C=N–C) groups is 2. The summed E-state index contributed by atoms with van der Waals surface area (Å²) in [5, 5.41) is 33.0. The van der Waals surface area contributed by atoms with Gasteiger partial charge in [-0.3, -0.25) is 53.1 Å². The maximum atomic E-state index is 14.4. The molecule has 1 aromatic heterocycles. The third-order valence-corrected chi connectivity index (χ3v) is 12.8. The Kier molecular flexibility index (Phi) is 29.2. The van der Waals surface area contributed by atoms with Crippen molar-refractivity contribution in [3.63, 3.8) is 0 Å². The molecule has 0 saturated carbocycles. The van der Waals surface area contributed by atoms with E-state index in [4.69, 9.17) is 28.7 Å². The van der Waals surface area contributed by atoms with Crippen LogP contribution in [-0.2, 0) is 54.4 Å². The number of aromatic amines is 1. The summed E-state index contributed by atoms with van der Waals surface area (Å²) in [4.78, 5) is 144. The predicted molar refractivity (Wildman–Crippen MR) is 300 cm³/mol. The Morgan fingerprint density at radius 1 is 0.620 bits per heavy atom. The number of para-hydroxylation sites is 1. The summed E-state index contributed by atoms with van der Waals surface area (Å²) < 4.78 is 0. The quantitative estimate of drug-likeness (QED) is 0.0138. The van der Waals surface area contributed by atoms with E-state index in [2.05, 4.69) is 75.4 Å². The summed E-state index contributed by atoms with van der Waals surface area (Å²) in [6.07, 6.45) is 2.63. The van der Waals surface area contributed by atoms with Crippen LogP contribution in [0.5, 0.6) is 0 Å². The fraction of sp³-hybridized carbons (Fsp3) is 0.600. The van der Waals surface area contributed by atoms with Crippen LogP contribution in [0.1, 0.15) is 92.6 Å². The van der Waals surface area contributed by atoms with Gasteiger partial charge in [0.05, 0.1) is 19.1 Å². The number of hydrogen-bond acceptors (Lipinski definition) is 14. The topological polar surface area (TPSA) is 470 Å². The summed E-state index contributed by atoms with van der Waals surface area (Å²) in [5.41, 5.74) is 29.4. The van der Waals surface area contributed by atoms with Crippen LogP contribution < -0.4 is 76.5 Å². The van der Waals surface area contributed by atoms with E-state index in [0.29, 0.717) is 12.0 Å². The fourth-order valence-corrected chi connectivity index (χ4v) is 7.99. The summed E-state index contributed by atoms with van der Waals surface area (Å²) in [6, 6.07) is -2.39. The minimum absolute atomic E-state index is 0.0260. The number of amides is 9. The molecule has 0 aliphatic heterocycles. The molecule has 0 radical (unpaired) electrons. The monoisotopic (exact) mass is 1130 g/mol. The van der Waals surface area contributed by atoms with Gasteiger partial charge in [-0.15, -0.1) is 0 Å². The van der Waals surface area contributed by atoms with Crippen molar-refractivity contribution in [3.8, 4) is 0 Å². The number of H-pyrrole nitrogens is 1. The normalized spacial score (nSPS) is 14.5. The second-order valence-electron chi connectivity index (χ2n) is 19.8. The van der Waals surface area contributed by atoms with Crippen molar-refractivity contribution in [2.45, 2.75) is 142 Å². The molecule has 79 heavy (non-hydrogen) atoms. The van der Waals surface area contributed by atoms with Crippen LogP contribution in [0.15, 0.2) is 40.4 Å². The van der Waals surface area contributed by atoms with Gasteiger partial charge in [-0.25, -0.2) is 4.79 Å². The van der Waals surface area contributed by atoms with E-state index >= 15 is 0 Å². The summed E-state index contributed by atoms with van der Waals surface area (Å²) in [6.45, 7) is 10.8. The number of fused-ring (bicyclic) bond motifs is 1. The van der Waals surface area contributed by atoms with Gasteiger partial charge in [0.2, 0.25) is 53.2 Å². The summed E-state index contributed by atoms with van der Waals surface area (Å²) in [7, 11) is 0. The number of guanidine groups is 2. The van der Waals surface area contributed by atoms with E-state index in [1.165, 1.54) is 6.92 Å². The molecule has 0 fully saturated rings. The van der Waals surface area contributed by atoms with Crippen molar-refractivity contribution in [3.05, 3.63) is 36.0 Å². The second kappa shape index (κ2) is 34.2. The zero-order valence-corrected chi connectivity index (χ0v) is 46.9. The third kappa shape index (κ3) is 24.3. The van der Waals surface area contributed by atoms with Crippen LogP contribution in [0.3, 0.4) is 0 Å². The maximum Gasteiger partial charge on any atom is 0.327 e. The van der Waals surface area contributed by atoms with E-state index in [-0.39, 0.29) is 81.1 Å². The number of carboxylic acids is 1. The number of carboxylic acid groups (broad SMARTS) is 1. The van der Waals surface area contributed by atoms with Gasteiger partial charge in [0.25, 0.3) is 0 Å². The van der Waals surface area contributed by atoms with Crippen molar-refractivity contribution in [1.29, 1.82) is 0 Å². The predicted octanol–water partition coefficient (Wildman–Crippen LogP) is -3.45. The lowest BCUT2D eigenvalue weighted by Gasteiger charge is -2.29. The highest BCUT2D eigenvalue weighted by Crippen LogP contribution is 2.20. The van der Waals surface area contributed by atoms with E-state index in [1.54, 1.807) is 20.0 Å². The first-order valence-corrected chi connectivity index (χ1v) is 26.7. The van der Waals surface area contributed by atoms with Crippen molar-refractivity contribution in [2.24, 2.45) is 56.4 Å². The van der Waals surface area contributed by atoms with Crippen LogP contribution in [0, 0.1) is 17.8 Å². The van der Waals surface area contributed by atoms with Crippen LogP contribution >= 0.6 is 12.6 Å². The van der Waals surface area contributed by atoms with Crippen molar-refractivity contribution >= 4 is 94.6 Å². The summed E-state index contributed by atoms with van der Waals surface area (Å²) in [5.74, 6) is -9.83. The average molecular weight is 1130 g/mol. The fourth-order valence-electron chi connectivity index (χ4n) is 7.74. The van der Waals surface area contributed by atoms with Gasteiger partial charge >= 0.3 is 5.97 Å². The molecule has 0 aliphatic carbocycles. The van der Waals surface area contributed by atoms with E-state index in [9.17, 15) is 53.1 Å². The first-order valence-electron chi connectivity index (χ1n) is 26.1. The van der Waals surface area contributed by atoms with Crippen molar-refractivity contribution in [1.82, 2.24) is 52.8 Å². The minimum atomic E-state index is -1.34. The number of rotatable bonds is 35. The highest BCUT2D eigenvalue weighted by molar-refractivity contribution is 7.80. The molecule has 9 amide bonds. The molecule has 1 heterocycles. The Labute approximate surface area is 465 Å². The number of nitrogens with zero attached hydrogens (tertiary/aromatic N) is 2. The average Bonchev–Trinajstić information content (AvgIpc) is 3.85. The lowest BCUT2D eigenvalue weighted by Crippen LogP contribution is -2.60. The molecule has 0 bridgehead atoms. The smallest absolute Gasteiger partial charge is 0.327 e. The first-order chi connectivity index (χ1) is 37.2. The van der Waals surface area contributed by atoms with Crippen LogP contribution in [0.4, 0.5) is 0 Å². The number of aromatic nitrogens is 1. The Balaban J connectivity index is 2.35. The molecular weight excluding hydrogens is 1050 g/mol. The number of nitrogens with two attached hydrogens (primary N) is 5. The third-order valence-electron chi connectivity index (χ3n) is 12.5. The molecule has 29 heteroatoms. The van der Waals surface area contributed by atoms with Gasteiger partial charge in [0.1, 0.15) is 42.3 Å². The van der Waals surface area contributed by atoms with Gasteiger partial charge < -0.3 is 86.6 Å². The lowest BCUT2D eigenvalue weighted by atomic mass is 9.98. The molecule has 21 N–H and O–H groups in total. The Bertz CT molecular complexity index is 2460. The largest absolute Gasteiger partial charge is 0.480 e. The van der Waals surface area contributed by atoms with E-state index in [1.807, 2.05) is 52.0 Å². The van der Waals surface area contributed by atoms with Gasteiger partial charge in [0, 0.05) is 42.4 Å². The molecule has 2 rings (SSSR count). The maximum absolute atomic E-state index is 14.4. The van der Waals surface area contributed by atoms with Crippen LogP contribution in [0.2, 0.25) is 0 Å². The van der Waals surface area contributed by atoms with Crippen LogP contribution in [-0.4, -0.2) is 161 Å². The van der Waals surface area contributed by atoms with Crippen molar-refractivity contribution < 1.29 is 53.1 Å². The van der Waals surface area contributed by atoms with Gasteiger partial charge in [-0.1, -0.05) is 66.2 Å². The lowest BCUT2D eigenvalue weighted by molar-refractivity contribution is -0.141. The van der Waals surface area contributed by atoms with Gasteiger partial charge in [0.15, 0.2) is 11.9 Å². The highest BCUT2D eigenvalue weighted by atomic mass is 32.1. The molecular formula is C50H83N17O11S. The SMILES string of the molecule is CC[C@H](C)[C@H](N)C(=O)N[C@@H](C)C(=O)N[C@@H](Cc1c[nH]c2ccccc12)C(=O)N[C@@H](CC(C)C)C(=O)N[C@H](C(=O)N[C@@H](CCCN=C(N)N)C(=O)NCC(=O)N[C@@H](CCCN=C(N)N)C(=O)NCC(=O)N[C@@H](CS)C(=O)O)C(C)C. The van der Waals surface area contributed by atoms with Crippen LogP contribution in [0.25, 0.3) is 10.9 Å². The molecule has 2 aromatic rings. The number of carbonyl (C=O) groups excluding carboxylic acids is 9. The molecule has 0 aliphatic rings. The molecule has 0 saturated heterocycles. The number of thiol groups is 1. The van der Waals surface area contributed by atoms with E-state index < -0.39 is 126 Å². The number of nitrogens with one attached hydrogen (secondary N) is 10. The zero-order chi connectivity index (χ0) is 59.5. The first kappa shape index (κ1) is 67.4. The summed E-state index contributed by atoms with van der Waals surface area (Å²) >= 11 is 3.89. The molecule has 9 atom stereocenters. The zero-order valence-electron chi connectivity index (χ0n) is 46.0. The molecule has 28 nitrogen and oxygen atoms in total. The standard InChI is InChI=1S/C50H83N17O11S/c1-8-27(6)39(51)46(75)61-28(7)41(70)65-35(20-29-21-58-31-14-10-9-13-30(29)31)44(73)66-34(19-25(2)3)45(74)67-40(26(4)5)47(76)64-33(16-12-18-57-50(54)55)43(72)60-22-37(68)62-32(15-11-17-56-49(52)53)42(71)59-23-38(69)63-36(24-79)48(77)78/h9-10,13-14,21,25-28,32-36,39-40,58,79H,8,11-12,15-20,22-24,51H2,1-7H3,(H,59,71)(H,60,72)(H,61,75)(H,62,68)(H,63,69)(H,64,76)(H,65,70)(H,66,73)(H,67,74)(H,77,78)(H4,52,53,56)(H4,54,55,57)/t27-,28-,32-,33-,34-,35-,36-,39-,40-/m0/s1. The molecule has 1 aromatic carbocycles. The number of carbonyl (C=O) groups is 10. The molecule has 0 unspecified atom stereocenters. The minimum Gasteiger partial charge on any atom is -0.480 e. The molecule has 440 valence electrons. The number of benzene rings is 1. The highest BCUT2D eigenvalue weighted by Gasteiger charge is 2.35. The Hall–Kier alpha value is -7.69. The van der Waals surface area contributed by atoms with E-state index in [0.717, 1.165) is 10.9 Å². The van der Waals surface area contributed by atoms with Gasteiger partial charge in [-0.05, 0) is 68.4 Å². The Morgan fingerprint density at radius 3 is 1.63 bits per heavy atom.